The van der Waals surface area contributed by atoms with Crippen LogP contribution in [0.2, 0.25) is 0 Å². The summed E-state index contributed by atoms with van der Waals surface area (Å²) in [5.41, 5.74) is -0.643. The maximum atomic E-state index is 10.8. The molecule has 0 bridgehead atoms. The monoisotopic (exact) mass is 173 g/mol. The number of hydrogen-bond acceptors (Lipinski definition) is 2. The van der Waals surface area contributed by atoms with Gasteiger partial charge in [-0.25, -0.2) is 0 Å². The molecule has 0 saturated heterocycles. The van der Waals surface area contributed by atoms with E-state index in [1.165, 1.54) is 0 Å². The molecule has 0 aromatic carbocycles. The first-order valence-corrected chi connectivity index (χ1v) is 4.77. The van der Waals surface area contributed by atoms with E-state index < -0.39 is 5.54 Å². The predicted molar refractivity (Wildman–Crippen MR) is 49.8 cm³/mol. The largest absolute Gasteiger partial charge is 0.264 e. The van der Waals surface area contributed by atoms with Gasteiger partial charge in [0.2, 0.25) is 5.54 Å². The summed E-state index contributed by atoms with van der Waals surface area (Å²) >= 11 is 0. The van der Waals surface area contributed by atoms with Crippen molar-refractivity contribution in [2.75, 3.05) is 0 Å². The third-order valence-electron chi connectivity index (χ3n) is 2.70. The predicted octanol–water partition coefficient (Wildman–Crippen LogP) is 3.01. The van der Waals surface area contributed by atoms with Gasteiger partial charge in [-0.3, -0.25) is 10.1 Å². The standard InChI is InChI=1S/C9H19NO2/c1-4-7-8-9(5-2,6-3)10(11)12/h4-8H2,1-3H3. The number of rotatable bonds is 6. The highest BCUT2D eigenvalue weighted by Gasteiger charge is 2.37. The minimum atomic E-state index is -0.643. The average molecular weight is 173 g/mol. The minimum Gasteiger partial charge on any atom is -0.264 e. The van der Waals surface area contributed by atoms with E-state index in [2.05, 4.69) is 6.92 Å². The van der Waals surface area contributed by atoms with Crippen LogP contribution in [0.4, 0.5) is 0 Å². The van der Waals surface area contributed by atoms with Gasteiger partial charge in [-0.05, 0) is 6.42 Å². The molecule has 0 atom stereocenters. The van der Waals surface area contributed by atoms with Gasteiger partial charge in [-0.15, -0.1) is 0 Å². The maximum Gasteiger partial charge on any atom is 0.221 e. The lowest BCUT2D eigenvalue weighted by molar-refractivity contribution is -0.572. The van der Waals surface area contributed by atoms with E-state index in [-0.39, 0.29) is 4.92 Å². The Balaban J connectivity index is 4.25. The van der Waals surface area contributed by atoms with Gasteiger partial charge in [0.15, 0.2) is 0 Å². The van der Waals surface area contributed by atoms with Crippen molar-refractivity contribution < 1.29 is 4.92 Å². The third kappa shape index (κ3) is 2.47. The van der Waals surface area contributed by atoms with Crippen LogP contribution in [0.1, 0.15) is 52.9 Å². The van der Waals surface area contributed by atoms with Crippen LogP contribution in [0, 0.1) is 10.1 Å². The van der Waals surface area contributed by atoms with Crippen molar-refractivity contribution in [1.82, 2.24) is 0 Å². The summed E-state index contributed by atoms with van der Waals surface area (Å²) < 4.78 is 0. The molecule has 0 spiro atoms. The lowest BCUT2D eigenvalue weighted by atomic mass is 9.88. The Morgan fingerprint density at radius 3 is 2.00 bits per heavy atom. The molecule has 0 unspecified atom stereocenters. The highest BCUT2D eigenvalue weighted by molar-refractivity contribution is 4.75. The Bertz CT molecular complexity index is 141. The van der Waals surface area contributed by atoms with Gasteiger partial charge in [0, 0.05) is 24.2 Å². The molecule has 0 N–H and O–H groups in total. The summed E-state index contributed by atoms with van der Waals surface area (Å²) in [6, 6.07) is 0. The minimum absolute atomic E-state index is 0.0946. The number of hydrogen-bond donors (Lipinski definition) is 0. The molecule has 0 aliphatic carbocycles. The summed E-state index contributed by atoms with van der Waals surface area (Å²) in [7, 11) is 0. The van der Waals surface area contributed by atoms with Crippen molar-refractivity contribution in [3.05, 3.63) is 10.1 Å². The normalized spacial score (nSPS) is 11.6. The molecular formula is C9H19NO2. The Kier molecular flexibility index (Phi) is 4.86. The molecule has 72 valence electrons. The molecule has 0 aliphatic heterocycles. The molecule has 0 aliphatic rings. The zero-order valence-corrected chi connectivity index (χ0v) is 8.30. The van der Waals surface area contributed by atoms with E-state index in [1.807, 2.05) is 13.8 Å². The molecule has 3 nitrogen and oxygen atoms in total. The van der Waals surface area contributed by atoms with Crippen molar-refractivity contribution in [2.24, 2.45) is 0 Å². The molecule has 0 saturated carbocycles. The van der Waals surface area contributed by atoms with Gasteiger partial charge in [0.05, 0.1) is 0 Å². The topological polar surface area (TPSA) is 43.1 Å². The van der Waals surface area contributed by atoms with E-state index in [9.17, 15) is 10.1 Å². The maximum absolute atomic E-state index is 10.8. The summed E-state index contributed by atoms with van der Waals surface area (Å²) in [4.78, 5) is 10.7. The molecule has 3 heteroatoms. The Morgan fingerprint density at radius 2 is 1.75 bits per heavy atom. The molecule has 0 aromatic rings. The van der Waals surface area contributed by atoms with E-state index in [0.29, 0.717) is 12.8 Å². The first kappa shape index (κ1) is 11.4. The van der Waals surface area contributed by atoms with Crippen molar-refractivity contribution in [3.63, 3.8) is 0 Å². The molecule has 0 radical (unpaired) electrons. The van der Waals surface area contributed by atoms with Gasteiger partial charge >= 0.3 is 0 Å². The molecule has 0 heterocycles. The van der Waals surface area contributed by atoms with Crippen LogP contribution >= 0.6 is 0 Å². The van der Waals surface area contributed by atoms with Crippen molar-refractivity contribution in [2.45, 2.75) is 58.4 Å². The van der Waals surface area contributed by atoms with E-state index in [1.54, 1.807) is 0 Å². The number of nitrogens with zero attached hydrogens (tertiary/aromatic N) is 1. The van der Waals surface area contributed by atoms with Crippen LogP contribution in [0.5, 0.6) is 0 Å². The van der Waals surface area contributed by atoms with Gasteiger partial charge in [0.25, 0.3) is 0 Å². The molecule has 0 amide bonds. The smallest absolute Gasteiger partial charge is 0.221 e. The van der Waals surface area contributed by atoms with E-state index in [4.69, 9.17) is 0 Å². The molecule has 12 heavy (non-hydrogen) atoms. The van der Waals surface area contributed by atoms with Crippen LogP contribution in [0.15, 0.2) is 0 Å². The van der Waals surface area contributed by atoms with Gasteiger partial charge in [0.1, 0.15) is 0 Å². The summed E-state index contributed by atoms with van der Waals surface area (Å²) in [5.74, 6) is 0. The van der Waals surface area contributed by atoms with Crippen LogP contribution in [-0.2, 0) is 0 Å². The zero-order valence-electron chi connectivity index (χ0n) is 8.30. The van der Waals surface area contributed by atoms with Crippen molar-refractivity contribution in [1.29, 1.82) is 0 Å². The molecular weight excluding hydrogens is 154 g/mol. The van der Waals surface area contributed by atoms with Gasteiger partial charge in [-0.2, -0.15) is 0 Å². The summed E-state index contributed by atoms with van der Waals surface area (Å²) in [6.45, 7) is 5.87. The molecule has 0 aromatic heterocycles. The van der Waals surface area contributed by atoms with Gasteiger partial charge < -0.3 is 0 Å². The quantitative estimate of drug-likeness (QED) is 0.457. The van der Waals surface area contributed by atoms with Crippen molar-refractivity contribution >= 4 is 0 Å². The Hall–Kier alpha value is -0.600. The molecule has 0 rings (SSSR count). The van der Waals surface area contributed by atoms with E-state index in [0.717, 1.165) is 19.3 Å². The lowest BCUT2D eigenvalue weighted by Gasteiger charge is -2.21. The second-order valence-corrected chi connectivity index (χ2v) is 3.29. The lowest BCUT2D eigenvalue weighted by Crippen LogP contribution is -2.36. The fraction of sp³-hybridized carbons (Fsp3) is 1.00. The fourth-order valence-corrected chi connectivity index (χ4v) is 1.46. The Morgan fingerprint density at radius 1 is 1.25 bits per heavy atom. The zero-order chi connectivity index (χ0) is 9.61. The van der Waals surface area contributed by atoms with Crippen LogP contribution in [-0.4, -0.2) is 10.5 Å². The number of unbranched alkanes of at least 4 members (excludes halogenated alkanes) is 1. The first-order valence-electron chi connectivity index (χ1n) is 4.77. The highest BCUT2D eigenvalue weighted by Crippen LogP contribution is 2.25. The SMILES string of the molecule is CCCCC(CC)(CC)[N+](=O)[O-]. The van der Waals surface area contributed by atoms with Crippen LogP contribution in [0.25, 0.3) is 0 Å². The molecule has 0 fully saturated rings. The second kappa shape index (κ2) is 5.12. The Labute approximate surface area is 74.3 Å². The highest BCUT2D eigenvalue weighted by atomic mass is 16.6. The third-order valence-corrected chi connectivity index (χ3v) is 2.70. The first-order chi connectivity index (χ1) is 5.63. The van der Waals surface area contributed by atoms with Crippen LogP contribution in [0.3, 0.4) is 0 Å². The average Bonchev–Trinajstić information content (AvgIpc) is 2.07. The fourth-order valence-electron chi connectivity index (χ4n) is 1.46. The second-order valence-electron chi connectivity index (χ2n) is 3.29. The summed E-state index contributed by atoms with van der Waals surface area (Å²) in [5, 5.41) is 10.8. The summed E-state index contributed by atoms with van der Waals surface area (Å²) in [6.07, 6.45) is 4.02. The number of nitro groups is 1. The van der Waals surface area contributed by atoms with Crippen molar-refractivity contribution in [3.8, 4) is 0 Å². The van der Waals surface area contributed by atoms with Crippen LogP contribution < -0.4 is 0 Å². The van der Waals surface area contributed by atoms with Gasteiger partial charge in [-0.1, -0.05) is 27.2 Å². The van der Waals surface area contributed by atoms with E-state index >= 15 is 0 Å².